The molecule has 3 rings (SSSR count). The number of aliphatic hydroxyl groups excluding tert-OH is 1. The lowest BCUT2D eigenvalue weighted by atomic mass is 10.0. The van der Waals surface area contributed by atoms with E-state index in [-0.39, 0.29) is 5.91 Å². The fraction of sp³-hybridized carbons (Fsp3) is 0.333. The fourth-order valence-corrected chi connectivity index (χ4v) is 3.30. The summed E-state index contributed by atoms with van der Waals surface area (Å²) in [4.78, 5) is 17.9. The second-order valence-corrected chi connectivity index (χ2v) is 5.93. The van der Waals surface area contributed by atoms with Crippen molar-refractivity contribution in [3.8, 4) is 5.75 Å². The number of amides is 1. The number of hydrogen-bond donors (Lipinski definition) is 2. The van der Waals surface area contributed by atoms with Crippen LogP contribution in [0.25, 0.3) is 10.9 Å². The molecule has 1 aromatic carbocycles. The van der Waals surface area contributed by atoms with Gasteiger partial charge in [0.25, 0.3) is 0 Å². The highest BCUT2D eigenvalue weighted by Gasteiger charge is 2.29. The first-order chi connectivity index (χ1) is 11.0. The quantitative estimate of drug-likeness (QED) is 0.884. The highest BCUT2D eigenvalue weighted by Crippen LogP contribution is 2.42. The van der Waals surface area contributed by atoms with E-state index in [1.54, 1.807) is 18.0 Å². The van der Waals surface area contributed by atoms with E-state index in [1.807, 2.05) is 0 Å². The molecule has 1 amide bonds. The van der Waals surface area contributed by atoms with E-state index in [0.29, 0.717) is 40.2 Å². The second-order valence-electron chi connectivity index (χ2n) is 5.18. The molecule has 2 N–H and O–H groups in total. The van der Waals surface area contributed by atoms with Gasteiger partial charge in [-0.3, -0.25) is 4.79 Å². The van der Waals surface area contributed by atoms with Gasteiger partial charge in [0, 0.05) is 24.5 Å². The van der Waals surface area contributed by atoms with Gasteiger partial charge in [-0.25, -0.2) is 4.98 Å². The third-order valence-corrected chi connectivity index (χ3v) is 4.83. The number of nitrogens with one attached hydrogen (secondary N) is 1. The van der Waals surface area contributed by atoms with Gasteiger partial charge in [-0.2, -0.15) is 0 Å². The summed E-state index contributed by atoms with van der Waals surface area (Å²) < 4.78 is 5.27. The third-order valence-electron chi connectivity index (χ3n) is 3.99. The lowest BCUT2D eigenvalue weighted by Gasteiger charge is -2.13. The van der Waals surface area contributed by atoms with Gasteiger partial charge < -0.3 is 20.1 Å². The minimum Gasteiger partial charge on any atom is -0.495 e. The monoisotopic (exact) mass is 355 g/mol. The van der Waals surface area contributed by atoms with Crippen LogP contribution in [0.3, 0.4) is 0 Å². The zero-order chi connectivity index (χ0) is 16.7. The van der Waals surface area contributed by atoms with Gasteiger partial charge in [0.2, 0.25) is 5.91 Å². The molecule has 0 aliphatic carbocycles. The molecular weight excluding hydrogens is 341 g/mol. The molecule has 0 unspecified atom stereocenters. The normalized spacial score (nSPS) is 13.3. The maximum absolute atomic E-state index is 11.8. The topological polar surface area (TPSA) is 74.7 Å². The summed E-state index contributed by atoms with van der Waals surface area (Å²) in [6, 6.07) is 1.78. The summed E-state index contributed by atoms with van der Waals surface area (Å²) in [5.74, 6) is 0.768. The zero-order valence-corrected chi connectivity index (χ0v) is 14.1. The Hall–Kier alpha value is -1.76. The van der Waals surface area contributed by atoms with E-state index >= 15 is 0 Å². The van der Waals surface area contributed by atoms with Crippen LogP contribution in [0.4, 0.5) is 5.82 Å². The van der Waals surface area contributed by atoms with Crippen LogP contribution in [0.15, 0.2) is 6.07 Å². The van der Waals surface area contributed by atoms with Gasteiger partial charge in [0.1, 0.15) is 23.2 Å². The van der Waals surface area contributed by atoms with Crippen molar-refractivity contribution in [3.63, 3.8) is 0 Å². The Bertz CT molecular complexity index is 811. The predicted molar refractivity (Wildman–Crippen MR) is 89.2 cm³/mol. The minimum atomic E-state index is -0.524. The van der Waals surface area contributed by atoms with Crippen LogP contribution in [-0.4, -0.2) is 41.7 Å². The van der Waals surface area contributed by atoms with Gasteiger partial charge in [-0.05, 0) is 11.6 Å². The number of fused-ring (bicyclic) bond motifs is 3. The molecule has 6 nitrogen and oxygen atoms in total. The molecule has 1 aliphatic heterocycles. The van der Waals surface area contributed by atoms with Crippen molar-refractivity contribution in [1.82, 2.24) is 9.88 Å². The van der Waals surface area contributed by atoms with Crippen LogP contribution in [0.5, 0.6) is 5.75 Å². The molecule has 0 atom stereocenters. The van der Waals surface area contributed by atoms with Crippen LogP contribution in [0.2, 0.25) is 10.0 Å². The summed E-state index contributed by atoms with van der Waals surface area (Å²) in [6.45, 7) is 0.240. The van der Waals surface area contributed by atoms with Gasteiger partial charge in [-0.1, -0.05) is 23.2 Å². The smallest absolute Gasteiger partial charge is 0.248 e. The van der Waals surface area contributed by atoms with E-state index in [0.717, 1.165) is 16.5 Å². The van der Waals surface area contributed by atoms with E-state index in [1.165, 1.54) is 7.11 Å². The Morgan fingerprint density at radius 2 is 2.09 bits per heavy atom. The van der Waals surface area contributed by atoms with Crippen molar-refractivity contribution in [1.29, 1.82) is 0 Å². The number of hydrogen-bond acceptors (Lipinski definition) is 5. The van der Waals surface area contributed by atoms with Crippen LogP contribution in [0, 0.1) is 0 Å². The van der Waals surface area contributed by atoms with Crippen molar-refractivity contribution >= 4 is 45.8 Å². The van der Waals surface area contributed by atoms with Crippen molar-refractivity contribution < 1.29 is 14.6 Å². The van der Waals surface area contributed by atoms with E-state index < -0.39 is 6.61 Å². The number of halogens is 2. The lowest BCUT2D eigenvalue weighted by Crippen LogP contribution is -2.27. The maximum atomic E-state index is 11.8. The first-order valence-electron chi connectivity index (χ1n) is 6.95. The molecule has 0 saturated carbocycles. The van der Waals surface area contributed by atoms with Crippen LogP contribution >= 0.6 is 23.2 Å². The summed E-state index contributed by atoms with van der Waals surface area (Å²) >= 11 is 12.5. The first-order valence-corrected chi connectivity index (χ1v) is 7.71. The average molecular weight is 356 g/mol. The SMILES string of the molecule is CNc1nc2c(Cl)c(Cl)c(OC)cc2c2c1CN(C(=O)CO)C2. The number of carbonyl (C=O) groups is 1. The summed E-state index contributed by atoms with van der Waals surface area (Å²) in [5.41, 5.74) is 2.39. The van der Waals surface area contributed by atoms with Gasteiger partial charge >= 0.3 is 0 Å². The predicted octanol–water partition coefficient (Wildman–Crippen LogP) is 2.43. The second kappa shape index (κ2) is 6.03. The molecule has 8 heteroatoms. The molecule has 122 valence electrons. The van der Waals surface area contributed by atoms with Gasteiger partial charge in [-0.15, -0.1) is 0 Å². The number of aliphatic hydroxyl groups is 1. The molecule has 0 fully saturated rings. The third kappa shape index (κ3) is 2.47. The molecule has 1 aliphatic rings. The van der Waals surface area contributed by atoms with Gasteiger partial charge in [0.05, 0.1) is 24.2 Å². The summed E-state index contributed by atoms with van der Waals surface area (Å²) in [6.07, 6.45) is 0. The van der Waals surface area contributed by atoms with E-state index in [2.05, 4.69) is 10.3 Å². The van der Waals surface area contributed by atoms with Crippen molar-refractivity contribution in [2.75, 3.05) is 26.1 Å². The fourth-order valence-electron chi connectivity index (χ4n) is 2.84. The molecule has 2 heterocycles. The number of pyridine rings is 1. The number of ether oxygens (including phenoxy) is 1. The first kappa shape index (κ1) is 16.1. The Morgan fingerprint density at radius 3 is 2.70 bits per heavy atom. The molecule has 0 bridgehead atoms. The van der Waals surface area contributed by atoms with Crippen LogP contribution in [-0.2, 0) is 17.9 Å². The zero-order valence-electron chi connectivity index (χ0n) is 12.6. The number of anilines is 1. The Kier molecular flexibility index (Phi) is 4.23. The van der Waals surface area contributed by atoms with Crippen molar-refractivity contribution in [2.45, 2.75) is 13.1 Å². The largest absolute Gasteiger partial charge is 0.495 e. The Labute approximate surface area is 143 Å². The van der Waals surface area contributed by atoms with E-state index in [9.17, 15) is 4.79 Å². The number of aromatic nitrogens is 1. The number of carbonyl (C=O) groups excluding carboxylic acids is 1. The Balaban J connectivity index is 2.27. The molecular formula is C15H15Cl2N3O3. The molecule has 23 heavy (non-hydrogen) atoms. The lowest BCUT2D eigenvalue weighted by molar-refractivity contribution is -0.134. The number of methoxy groups -OCH3 is 1. The highest BCUT2D eigenvalue weighted by molar-refractivity contribution is 6.46. The molecule has 0 spiro atoms. The van der Waals surface area contributed by atoms with E-state index in [4.69, 9.17) is 33.0 Å². The Morgan fingerprint density at radius 1 is 1.39 bits per heavy atom. The van der Waals surface area contributed by atoms with Crippen molar-refractivity contribution in [3.05, 3.63) is 27.2 Å². The summed E-state index contributed by atoms with van der Waals surface area (Å²) in [5, 5.41) is 13.5. The van der Waals surface area contributed by atoms with Crippen molar-refractivity contribution in [2.24, 2.45) is 0 Å². The van der Waals surface area contributed by atoms with Gasteiger partial charge in [0.15, 0.2) is 0 Å². The molecule has 2 aromatic rings. The average Bonchev–Trinajstić information content (AvgIpc) is 3.02. The maximum Gasteiger partial charge on any atom is 0.248 e. The highest BCUT2D eigenvalue weighted by atomic mass is 35.5. The van der Waals surface area contributed by atoms with Crippen LogP contribution < -0.4 is 10.1 Å². The molecule has 0 radical (unpaired) electrons. The number of benzene rings is 1. The summed E-state index contributed by atoms with van der Waals surface area (Å²) in [7, 11) is 3.27. The standard InChI is InChI=1S/C15H15Cl2N3O3/c1-18-15-9-5-20(11(22)6-21)4-8(9)7-3-10(23-2)12(16)13(17)14(7)19-15/h3,21H,4-6H2,1-2H3,(H,18,19). The number of nitrogens with zero attached hydrogens (tertiary/aromatic N) is 2. The molecule has 1 aromatic heterocycles. The number of rotatable bonds is 3. The van der Waals surface area contributed by atoms with Crippen LogP contribution in [0.1, 0.15) is 11.1 Å². The molecule has 0 saturated heterocycles. The minimum absolute atomic E-state index is 0.303.